The summed E-state index contributed by atoms with van der Waals surface area (Å²) in [5.41, 5.74) is 0. The molecule has 0 aromatic rings. The second-order valence-electron chi connectivity index (χ2n) is 11.9. The van der Waals surface area contributed by atoms with Gasteiger partial charge in [-0.15, -0.1) is 0 Å². The molecule has 0 saturated heterocycles. The summed E-state index contributed by atoms with van der Waals surface area (Å²) in [5, 5.41) is 0. The molecular weight excluding hydrogens is 513 g/mol. The van der Waals surface area contributed by atoms with Gasteiger partial charge in [0.2, 0.25) is 0 Å². The fourth-order valence-electron chi connectivity index (χ4n) is 4.32. The summed E-state index contributed by atoms with van der Waals surface area (Å²) < 4.78 is 34.0. The van der Waals surface area contributed by atoms with Gasteiger partial charge in [-0.3, -0.25) is 9.05 Å². The maximum atomic E-state index is 12.2. The molecule has 7 nitrogen and oxygen atoms in total. The molecule has 0 bridgehead atoms. The number of unbranched alkanes of at least 4 members (excludes halogenated alkanes) is 16. The molecule has 2 atom stereocenters. The topological polar surface area (TPSA) is 74.2 Å². The molecule has 0 saturated carbocycles. The van der Waals surface area contributed by atoms with Gasteiger partial charge in [-0.2, -0.15) is 0 Å². The zero-order chi connectivity index (χ0) is 29.1. The molecule has 0 aliphatic rings. The van der Waals surface area contributed by atoms with Gasteiger partial charge in [-0.25, -0.2) is 4.57 Å². The van der Waals surface area contributed by atoms with Crippen LogP contribution >= 0.6 is 7.82 Å². The number of rotatable bonds is 30. The summed E-state index contributed by atoms with van der Waals surface area (Å²) in [6.07, 6.45) is 27.7. The number of hydrogen-bond acceptors (Lipinski definition) is 5. The number of phosphoric ester groups is 1. The Morgan fingerprint density at radius 3 is 1.69 bits per heavy atom. The minimum Gasteiger partial charge on any atom is -0.382 e. The Kier molecular flexibility index (Phi) is 26.4. The lowest BCUT2D eigenvalue weighted by atomic mass is 10.1. The van der Waals surface area contributed by atoms with Gasteiger partial charge in [-0.05, 0) is 32.1 Å². The Hall–Kier alpha value is -0.270. The Morgan fingerprint density at radius 2 is 1.21 bits per heavy atom. The minimum atomic E-state index is -4.14. The first-order valence-corrected chi connectivity index (χ1v) is 17.4. The van der Waals surface area contributed by atoms with Crippen molar-refractivity contribution in [2.45, 2.75) is 129 Å². The summed E-state index contributed by atoms with van der Waals surface area (Å²) in [6.45, 7) is 4.04. The normalized spacial score (nSPS) is 14.7. The fraction of sp³-hybridized carbons (Fsp3) is 0.935. The van der Waals surface area contributed by atoms with Crippen LogP contribution in [0.3, 0.4) is 0 Å². The van der Waals surface area contributed by atoms with Crippen molar-refractivity contribution in [3.05, 3.63) is 12.2 Å². The van der Waals surface area contributed by atoms with Gasteiger partial charge in [0.25, 0.3) is 0 Å². The van der Waals surface area contributed by atoms with Crippen LogP contribution in [0, 0.1) is 0 Å². The molecule has 0 rings (SSSR count). The van der Waals surface area contributed by atoms with Crippen molar-refractivity contribution in [2.75, 3.05) is 61.2 Å². The number of allylic oxidation sites excluding steroid dienone is 2. The van der Waals surface area contributed by atoms with E-state index in [-0.39, 0.29) is 19.8 Å². The maximum absolute atomic E-state index is 12.2. The van der Waals surface area contributed by atoms with E-state index in [1.165, 1.54) is 110 Å². The second kappa shape index (κ2) is 26.6. The number of hydrogen-bond donors (Lipinski definition) is 1. The van der Waals surface area contributed by atoms with Crippen LogP contribution in [0.1, 0.15) is 122 Å². The lowest BCUT2D eigenvalue weighted by Gasteiger charge is -2.25. The third kappa shape index (κ3) is 30.5. The Balaban J connectivity index is 3.55. The third-order valence-electron chi connectivity index (χ3n) is 6.76. The van der Waals surface area contributed by atoms with Crippen LogP contribution in [0.25, 0.3) is 0 Å². The summed E-state index contributed by atoms with van der Waals surface area (Å²) in [6, 6.07) is 0. The highest BCUT2D eigenvalue weighted by atomic mass is 31.2. The van der Waals surface area contributed by atoms with E-state index in [2.05, 4.69) is 19.1 Å². The van der Waals surface area contributed by atoms with Gasteiger partial charge in [-0.1, -0.05) is 103 Å². The van der Waals surface area contributed by atoms with Crippen LogP contribution in [-0.4, -0.2) is 76.7 Å². The number of quaternary nitrogens is 1. The lowest BCUT2D eigenvalue weighted by molar-refractivity contribution is -0.870. The Bertz CT molecular complexity index is 596. The molecule has 0 aliphatic heterocycles. The molecule has 0 spiro atoms. The monoisotopic (exact) mass is 578 g/mol. The number of ether oxygens (including phenoxy) is 2. The smallest absolute Gasteiger partial charge is 0.382 e. The van der Waals surface area contributed by atoms with Crippen molar-refractivity contribution in [3.63, 3.8) is 0 Å². The van der Waals surface area contributed by atoms with E-state index in [9.17, 15) is 9.46 Å². The molecule has 0 aliphatic carbocycles. The van der Waals surface area contributed by atoms with E-state index in [0.29, 0.717) is 17.6 Å². The molecule has 0 heterocycles. The fourth-order valence-corrected chi connectivity index (χ4v) is 5.19. The summed E-state index contributed by atoms with van der Waals surface area (Å²) in [4.78, 5) is 9.98. The van der Waals surface area contributed by atoms with Crippen molar-refractivity contribution >= 4 is 7.82 Å². The second-order valence-corrected chi connectivity index (χ2v) is 13.3. The molecule has 8 heteroatoms. The highest BCUT2D eigenvalue weighted by molar-refractivity contribution is 7.47. The van der Waals surface area contributed by atoms with E-state index in [1.807, 2.05) is 21.1 Å². The van der Waals surface area contributed by atoms with Crippen LogP contribution in [0.2, 0.25) is 0 Å². The zero-order valence-corrected chi connectivity index (χ0v) is 27.3. The van der Waals surface area contributed by atoms with Crippen LogP contribution in [0.15, 0.2) is 12.2 Å². The van der Waals surface area contributed by atoms with E-state index >= 15 is 0 Å². The van der Waals surface area contributed by atoms with Crippen LogP contribution in [0.5, 0.6) is 0 Å². The summed E-state index contributed by atoms with van der Waals surface area (Å²) >= 11 is 0. The molecule has 0 aromatic heterocycles. The van der Waals surface area contributed by atoms with Crippen molar-refractivity contribution in [2.24, 2.45) is 0 Å². The average Bonchev–Trinajstić information content (AvgIpc) is 2.86. The zero-order valence-electron chi connectivity index (χ0n) is 26.4. The number of likely N-dealkylation sites (N-methyl/N-ethyl adjacent to an activating group) is 1. The molecule has 0 aromatic carbocycles. The highest BCUT2D eigenvalue weighted by Crippen LogP contribution is 2.44. The molecule has 2 unspecified atom stereocenters. The predicted octanol–water partition coefficient (Wildman–Crippen LogP) is 8.46. The summed E-state index contributed by atoms with van der Waals surface area (Å²) in [5.74, 6) is 0. The SMILES string of the molecule is CCCCCCCC/C=C\CCCCCCCCCCCCOCC(COC)OP(=O)(O)OCC[N+](C)(C)C. The molecular formula is C31H65NO6P+. The standard InChI is InChI=1S/C31H64NO6P/c1-6-7-8-9-10-11-12-13-14-15-16-17-18-19-20-21-22-23-24-25-27-36-30-31(29-35-5)38-39(33,34)37-28-26-32(2,3)4/h13-14,31H,6-12,15-30H2,1-5H3/p+1/b14-13-. The first-order valence-electron chi connectivity index (χ1n) is 15.9. The highest BCUT2D eigenvalue weighted by Gasteiger charge is 2.27. The summed E-state index contributed by atoms with van der Waals surface area (Å²) in [7, 11) is 3.38. The predicted molar refractivity (Wildman–Crippen MR) is 164 cm³/mol. The van der Waals surface area contributed by atoms with E-state index in [0.717, 1.165) is 12.8 Å². The van der Waals surface area contributed by atoms with Crippen molar-refractivity contribution in [3.8, 4) is 0 Å². The van der Waals surface area contributed by atoms with E-state index in [1.54, 1.807) is 0 Å². The lowest BCUT2D eigenvalue weighted by Crippen LogP contribution is -2.37. The van der Waals surface area contributed by atoms with Crippen LogP contribution < -0.4 is 0 Å². The van der Waals surface area contributed by atoms with Crippen molar-refractivity contribution in [1.29, 1.82) is 0 Å². The van der Waals surface area contributed by atoms with E-state index in [4.69, 9.17) is 18.5 Å². The Labute approximate surface area is 242 Å². The van der Waals surface area contributed by atoms with Crippen molar-refractivity contribution < 1.29 is 32.5 Å². The quantitative estimate of drug-likeness (QED) is 0.0399. The largest absolute Gasteiger partial charge is 0.472 e. The van der Waals surface area contributed by atoms with Crippen LogP contribution in [-0.2, 0) is 23.1 Å². The minimum absolute atomic E-state index is 0.148. The number of nitrogens with zero attached hydrogens (tertiary/aromatic N) is 1. The van der Waals surface area contributed by atoms with Crippen molar-refractivity contribution in [1.82, 2.24) is 0 Å². The maximum Gasteiger partial charge on any atom is 0.472 e. The van der Waals surface area contributed by atoms with Gasteiger partial charge in [0.15, 0.2) is 0 Å². The molecule has 1 N–H and O–H groups in total. The van der Waals surface area contributed by atoms with Gasteiger partial charge in [0.1, 0.15) is 19.3 Å². The average molecular weight is 579 g/mol. The van der Waals surface area contributed by atoms with Gasteiger partial charge >= 0.3 is 7.82 Å². The van der Waals surface area contributed by atoms with E-state index < -0.39 is 13.9 Å². The van der Waals surface area contributed by atoms with Gasteiger partial charge < -0.3 is 18.9 Å². The molecule has 0 amide bonds. The Morgan fingerprint density at radius 1 is 0.718 bits per heavy atom. The molecule has 39 heavy (non-hydrogen) atoms. The molecule has 234 valence electrons. The number of methoxy groups -OCH3 is 1. The third-order valence-corrected chi connectivity index (χ3v) is 7.83. The molecule has 0 fully saturated rings. The van der Waals surface area contributed by atoms with Crippen LogP contribution in [0.4, 0.5) is 0 Å². The number of phosphoric acid groups is 1. The first-order chi connectivity index (χ1) is 18.7. The van der Waals surface area contributed by atoms with Gasteiger partial charge in [0.05, 0.1) is 34.4 Å². The van der Waals surface area contributed by atoms with Gasteiger partial charge in [0, 0.05) is 13.7 Å². The molecule has 0 radical (unpaired) electrons. The first kappa shape index (κ1) is 38.7.